The van der Waals surface area contributed by atoms with Gasteiger partial charge in [-0.05, 0) is 29.9 Å². The maximum Gasteiger partial charge on any atom is 0.231 e. The fraction of sp³-hybridized carbons (Fsp3) is 0.350. The highest BCUT2D eigenvalue weighted by Gasteiger charge is 2.26. The molecule has 136 valence electrons. The second-order valence-electron chi connectivity index (χ2n) is 6.87. The molecule has 2 aliphatic rings. The molecule has 4 rings (SSSR count). The van der Waals surface area contributed by atoms with Crippen LogP contribution in [0, 0.1) is 0 Å². The van der Waals surface area contributed by atoms with Crippen LogP contribution in [0.5, 0.6) is 11.5 Å². The summed E-state index contributed by atoms with van der Waals surface area (Å²) in [6.07, 6.45) is 1.15. The van der Waals surface area contributed by atoms with Crippen LogP contribution in [0.1, 0.15) is 17.5 Å². The van der Waals surface area contributed by atoms with Crippen LogP contribution < -0.4 is 25.0 Å². The Kier molecular flexibility index (Phi) is 5.22. The number of thiocarbonyl (C=S) groups is 1. The van der Waals surface area contributed by atoms with Crippen LogP contribution >= 0.6 is 12.2 Å². The minimum atomic E-state index is 0.301. The van der Waals surface area contributed by atoms with Crippen molar-refractivity contribution in [1.29, 1.82) is 0 Å². The number of rotatable bonds is 5. The van der Waals surface area contributed by atoms with E-state index in [-0.39, 0.29) is 0 Å². The van der Waals surface area contributed by atoms with Crippen molar-refractivity contribution in [1.82, 2.24) is 10.6 Å². The number of fused-ring (bicyclic) bond motifs is 1. The molecule has 0 radical (unpaired) electrons. The highest BCUT2D eigenvalue weighted by Crippen LogP contribution is 2.32. The van der Waals surface area contributed by atoms with Gasteiger partial charge in [0.15, 0.2) is 16.6 Å². The predicted molar refractivity (Wildman–Crippen MR) is 104 cm³/mol. The van der Waals surface area contributed by atoms with E-state index in [1.165, 1.54) is 12.1 Å². The lowest BCUT2D eigenvalue weighted by atomic mass is 10.2. The van der Waals surface area contributed by atoms with Crippen molar-refractivity contribution < 1.29 is 14.4 Å². The van der Waals surface area contributed by atoms with Gasteiger partial charge in [0.25, 0.3) is 0 Å². The molecule has 0 bridgehead atoms. The number of likely N-dealkylation sites (tertiary alicyclic amines) is 1. The van der Waals surface area contributed by atoms with Crippen LogP contribution in [0.4, 0.5) is 0 Å². The van der Waals surface area contributed by atoms with Crippen molar-refractivity contribution in [3.63, 3.8) is 0 Å². The molecule has 2 aromatic carbocycles. The Morgan fingerprint density at radius 2 is 1.92 bits per heavy atom. The molecule has 1 unspecified atom stereocenters. The van der Waals surface area contributed by atoms with E-state index in [4.69, 9.17) is 21.7 Å². The lowest BCUT2D eigenvalue weighted by Crippen LogP contribution is -3.09. The topological polar surface area (TPSA) is 47.0 Å². The standard InChI is InChI=1S/C20H23N3O2S/c26-20(21-11-16-6-7-18-19(10-16)25-14-24-18)22-17-8-9-23(13-17)12-15-4-2-1-3-5-15/h1-7,10,17H,8-9,11-14H2,(H2,21,22,26)/p+1/t17-/m1/s1. The van der Waals surface area contributed by atoms with Crippen molar-refractivity contribution in [2.75, 3.05) is 19.9 Å². The molecule has 2 aromatic rings. The van der Waals surface area contributed by atoms with E-state index in [0.717, 1.165) is 36.6 Å². The fourth-order valence-corrected chi connectivity index (χ4v) is 3.81. The van der Waals surface area contributed by atoms with Gasteiger partial charge in [-0.25, -0.2) is 0 Å². The first-order valence-corrected chi connectivity index (χ1v) is 9.47. The summed E-state index contributed by atoms with van der Waals surface area (Å²) in [5.41, 5.74) is 2.52. The molecule has 0 aliphatic carbocycles. The minimum Gasteiger partial charge on any atom is -0.454 e. The van der Waals surface area contributed by atoms with E-state index in [1.54, 1.807) is 4.90 Å². The number of ether oxygens (including phenoxy) is 2. The maximum atomic E-state index is 5.47. The zero-order chi connectivity index (χ0) is 17.8. The Bertz CT molecular complexity index is 769. The molecule has 2 heterocycles. The van der Waals surface area contributed by atoms with Crippen LogP contribution in [0.25, 0.3) is 0 Å². The summed E-state index contributed by atoms with van der Waals surface area (Å²) < 4.78 is 10.8. The number of nitrogens with one attached hydrogen (secondary N) is 3. The molecular formula is C20H24N3O2S+. The number of quaternary nitrogens is 1. The molecule has 2 aliphatic heterocycles. The molecular weight excluding hydrogens is 346 g/mol. The molecule has 26 heavy (non-hydrogen) atoms. The Hall–Kier alpha value is -2.31. The van der Waals surface area contributed by atoms with Crippen molar-refractivity contribution in [3.8, 4) is 11.5 Å². The van der Waals surface area contributed by atoms with Gasteiger partial charge in [0.2, 0.25) is 6.79 Å². The van der Waals surface area contributed by atoms with Gasteiger partial charge in [-0.15, -0.1) is 0 Å². The van der Waals surface area contributed by atoms with Gasteiger partial charge in [-0.2, -0.15) is 0 Å². The van der Waals surface area contributed by atoms with Gasteiger partial charge in [0, 0.05) is 18.5 Å². The molecule has 0 saturated carbocycles. The van der Waals surface area contributed by atoms with E-state index >= 15 is 0 Å². The van der Waals surface area contributed by atoms with Crippen LogP contribution in [0.15, 0.2) is 48.5 Å². The lowest BCUT2D eigenvalue weighted by Gasteiger charge is -2.16. The number of hydrogen-bond donors (Lipinski definition) is 3. The quantitative estimate of drug-likeness (QED) is 0.692. The average Bonchev–Trinajstić information content (AvgIpc) is 3.29. The summed E-state index contributed by atoms with van der Waals surface area (Å²) in [6, 6.07) is 17.1. The first-order valence-electron chi connectivity index (χ1n) is 9.06. The van der Waals surface area contributed by atoms with Gasteiger partial charge >= 0.3 is 0 Å². The Morgan fingerprint density at radius 3 is 2.81 bits per heavy atom. The molecule has 1 saturated heterocycles. The average molecular weight is 370 g/mol. The van der Waals surface area contributed by atoms with Crippen LogP contribution in [-0.2, 0) is 13.1 Å². The van der Waals surface area contributed by atoms with Crippen LogP contribution in [0.3, 0.4) is 0 Å². The SMILES string of the molecule is S=C(NCc1ccc2c(c1)OCO2)N[C@@H]1CC[NH+](Cc2ccccc2)C1. The number of benzene rings is 2. The van der Waals surface area contributed by atoms with Gasteiger partial charge in [0.05, 0.1) is 19.1 Å². The molecule has 0 spiro atoms. The maximum absolute atomic E-state index is 5.47. The summed E-state index contributed by atoms with van der Waals surface area (Å²) in [5.74, 6) is 1.61. The minimum absolute atomic E-state index is 0.301. The summed E-state index contributed by atoms with van der Waals surface area (Å²) in [7, 11) is 0. The van der Waals surface area contributed by atoms with Crippen LogP contribution in [0.2, 0.25) is 0 Å². The first-order chi connectivity index (χ1) is 12.8. The normalized spacial score (nSPS) is 20.8. The van der Waals surface area contributed by atoms with E-state index in [0.29, 0.717) is 24.5 Å². The summed E-state index contributed by atoms with van der Waals surface area (Å²) in [4.78, 5) is 1.60. The Balaban J connectivity index is 1.21. The third-order valence-corrected chi connectivity index (χ3v) is 5.17. The fourth-order valence-electron chi connectivity index (χ4n) is 3.57. The molecule has 2 atom stereocenters. The van der Waals surface area contributed by atoms with Crippen molar-refractivity contribution in [2.45, 2.75) is 25.6 Å². The van der Waals surface area contributed by atoms with Crippen LogP contribution in [-0.4, -0.2) is 31.0 Å². The van der Waals surface area contributed by atoms with Crippen molar-refractivity contribution >= 4 is 17.3 Å². The zero-order valence-electron chi connectivity index (χ0n) is 14.7. The van der Waals surface area contributed by atoms with E-state index in [1.807, 2.05) is 18.2 Å². The second-order valence-corrected chi connectivity index (χ2v) is 7.27. The van der Waals surface area contributed by atoms with Crippen molar-refractivity contribution in [2.24, 2.45) is 0 Å². The molecule has 1 fully saturated rings. The predicted octanol–water partition coefficient (Wildman–Crippen LogP) is 1.24. The Morgan fingerprint density at radius 1 is 1.08 bits per heavy atom. The largest absolute Gasteiger partial charge is 0.454 e. The smallest absolute Gasteiger partial charge is 0.231 e. The van der Waals surface area contributed by atoms with Gasteiger partial charge in [0.1, 0.15) is 6.54 Å². The highest BCUT2D eigenvalue weighted by atomic mass is 32.1. The molecule has 6 heteroatoms. The van der Waals surface area contributed by atoms with E-state index < -0.39 is 0 Å². The molecule has 3 N–H and O–H groups in total. The summed E-state index contributed by atoms with van der Waals surface area (Å²) in [6.45, 7) is 4.33. The van der Waals surface area contributed by atoms with Crippen molar-refractivity contribution in [3.05, 3.63) is 59.7 Å². The van der Waals surface area contributed by atoms with E-state index in [9.17, 15) is 0 Å². The second kappa shape index (κ2) is 7.93. The highest BCUT2D eigenvalue weighted by molar-refractivity contribution is 7.80. The van der Waals surface area contributed by atoms with Gasteiger partial charge in [-0.3, -0.25) is 0 Å². The third kappa shape index (κ3) is 4.26. The zero-order valence-corrected chi connectivity index (χ0v) is 15.5. The number of hydrogen-bond acceptors (Lipinski definition) is 3. The van der Waals surface area contributed by atoms with E-state index in [2.05, 4.69) is 41.0 Å². The molecule has 5 nitrogen and oxygen atoms in total. The lowest BCUT2D eigenvalue weighted by molar-refractivity contribution is -0.901. The summed E-state index contributed by atoms with van der Waals surface area (Å²) in [5, 5.41) is 7.47. The first kappa shape index (κ1) is 17.1. The molecule has 0 aromatic heterocycles. The van der Waals surface area contributed by atoms with Gasteiger partial charge < -0.3 is 25.0 Å². The third-order valence-electron chi connectivity index (χ3n) is 4.90. The van der Waals surface area contributed by atoms with Gasteiger partial charge in [-0.1, -0.05) is 36.4 Å². The summed E-state index contributed by atoms with van der Waals surface area (Å²) >= 11 is 5.47. The Labute approximate surface area is 159 Å². The molecule has 0 amide bonds. The monoisotopic (exact) mass is 370 g/mol.